The number of nitrogens with zero attached hydrogens (tertiary/aromatic N) is 1. The topological polar surface area (TPSA) is 84.0 Å². The number of hydrogen-bond donors (Lipinski definition) is 0. The average Bonchev–Trinajstić information content (AvgIpc) is 2.51. The fraction of sp³-hybridized carbons (Fsp3) is 0.462. The summed E-state index contributed by atoms with van der Waals surface area (Å²) in [5, 5.41) is 0. The van der Waals surface area contributed by atoms with Crippen LogP contribution < -0.4 is 9.47 Å². The van der Waals surface area contributed by atoms with E-state index in [-0.39, 0.29) is 6.61 Å². The summed E-state index contributed by atoms with van der Waals surface area (Å²) in [6, 6.07) is 0. The van der Waals surface area contributed by atoms with Crippen LogP contribution in [0.5, 0.6) is 11.6 Å². The van der Waals surface area contributed by atoms with E-state index in [4.69, 9.17) is 9.47 Å². The molecule has 1 heterocycles. The van der Waals surface area contributed by atoms with E-state index in [0.29, 0.717) is 0 Å². The van der Waals surface area contributed by atoms with Crippen LogP contribution in [0.3, 0.4) is 0 Å². The molecule has 1 aromatic heterocycles. The number of carbonyl (C=O) groups is 2. The van der Waals surface area contributed by atoms with Gasteiger partial charge in [0.25, 0.3) is 0 Å². The van der Waals surface area contributed by atoms with Gasteiger partial charge in [-0.25, -0.2) is 14.6 Å². The first-order valence-corrected chi connectivity index (χ1v) is 6.21. The van der Waals surface area contributed by atoms with Crippen LogP contribution in [0.15, 0.2) is 0 Å². The van der Waals surface area contributed by atoms with Gasteiger partial charge < -0.3 is 18.9 Å². The van der Waals surface area contributed by atoms with Crippen molar-refractivity contribution in [2.75, 3.05) is 27.9 Å². The highest BCUT2D eigenvalue weighted by Gasteiger charge is 2.43. The van der Waals surface area contributed by atoms with E-state index >= 15 is 0 Å². The lowest BCUT2D eigenvalue weighted by Gasteiger charge is -2.18. The molecule has 128 valence electrons. The number of aromatic nitrogens is 1. The number of pyridine rings is 1. The van der Waals surface area contributed by atoms with Crippen LogP contribution >= 0.6 is 0 Å². The summed E-state index contributed by atoms with van der Waals surface area (Å²) in [4.78, 5) is 26.9. The van der Waals surface area contributed by atoms with Gasteiger partial charge in [-0.15, -0.1) is 0 Å². The Bertz CT molecular complexity index is 615. The van der Waals surface area contributed by atoms with E-state index in [1.54, 1.807) is 0 Å². The average molecular weight is 337 g/mol. The van der Waals surface area contributed by atoms with Crippen molar-refractivity contribution in [2.24, 2.45) is 0 Å². The van der Waals surface area contributed by atoms with Gasteiger partial charge in [0.2, 0.25) is 5.88 Å². The summed E-state index contributed by atoms with van der Waals surface area (Å²) in [5.74, 6) is -3.79. The lowest BCUT2D eigenvalue weighted by atomic mass is 10.1. The van der Waals surface area contributed by atoms with Crippen LogP contribution in [0.1, 0.15) is 33.3 Å². The van der Waals surface area contributed by atoms with Crippen molar-refractivity contribution in [1.82, 2.24) is 4.98 Å². The van der Waals surface area contributed by atoms with Crippen LogP contribution in [0.25, 0.3) is 0 Å². The highest BCUT2D eigenvalue weighted by atomic mass is 19.4. The molecule has 0 aliphatic carbocycles. The number of methoxy groups -OCH3 is 3. The molecule has 0 saturated heterocycles. The van der Waals surface area contributed by atoms with Gasteiger partial charge in [0.05, 0.1) is 27.9 Å². The Kier molecular flexibility index (Phi) is 5.77. The minimum atomic E-state index is -5.00. The molecule has 10 heteroatoms. The first-order valence-electron chi connectivity index (χ1n) is 6.21. The Morgan fingerprint density at radius 3 is 2.04 bits per heavy atom. The van der Waals surface area contributed by atoms with E-state index in [0.717, 1.165) is 21.3 Å². The lowest BCUT2D eigenvalue weighted by Crippen LogP contribution is -2.22. The third-order valence-corrected chi connectivity index (χ3v) is 2.65. The minimum absolute atomic E-state index is 0.182. The van der Waals surface area contributed by atoms with Crippen LogP contribution in [0, 0.1) is 0 Å². The summed E-state index contributed by atoms with van der Waals surface area (Å²) in [7, 11) is 3.01. The molecule has 0 aromatic carbocycles. The molecule has 0 N–H and O–H groups in total. The first-order chi connectivity index (χ1) is 10.7. The van der Waals surface area contributed by atoms with Crippen LogP contribution in [-0.4, -0.2) is 44.9 Å². The summed E-state index contributed by atoms with van der Waals surface area (Å²) in [6.45, 7) is 1.23. The largest absolute Gasteiger partial charge is 0.495 e. The highest BCUT2D eigenvalue weighted by molar-refractivity contribution is 6.02. The minimum Gasteiger partial charge on any atom is -0.495 e. The van der Waals surface area contributed by atoms with Crippen molar-refractivity contribution in [3.05, 3.63) is 16.8 Å². The molecule has 7 nitrogen and oxygen atoms in total. The Labute approximate surface area is 129 Å². The number of ether oxygens (including phenoxy) is 4. The van der Waals surface area contributed by atoms with Gasteiger partial charge in [-0.2, -0.15) is 13.2 Å². The Hall–Kier alpha value is -2.52. The summed E-state index contributed by atoms with van der Waals surface area (Å²) < 4.78 is 58.2. The number of rotatable bonds is 5. The highest BCUT2D eigenvalue weighted by Crippen LogP contribution is 2.40. The van der Waals surface area contributed by atoms with Crippen molar-refractivity contribution >= 4 is 11.9 Å². The number of alkyl halides is 3. The Morgan fingerprint density at radius 1 is 1.04 bits per heavy atom. The predicted octanol–water partition coefficient (Wildman–Crippen LogP) is 2.08. The number of esters is 2. The molecule has 1 aromatic rings. The molecule has 0 spiro atoms. The van der Waals surface area contributed by atoms with E-state index in [9.17, 15) is 22.8 Å². The summed E-state index contributed by atoms with van der Waals surface area (Å²) >= 11 is 0. The Morgan fingerprint density at radius 2 is 1.65 bits per heavy atom. The van der Waals surface area contributed by atoms with Gasteiger partial charge >= 0.3 is 18.1 Å². The van der Waals surface area contributed by atoms with Gasteiger partial charge in [0, 0.05) is 0 Å². The molecule has 1 rings (SSSR count). The molecule has 23 heavy (non-hydrogen) atoms. The van der Waals surface area contributed by atoms with Gasteiger partial charge in [-0.1, -0.05) is 0 Å². The van der Waals surface area contributed by atoms with E-state index < -0.39 is 46.6 Å². The van der Waals surface area contributed by atoms with Crippen molar-refractivity contribution in [1.29, 1.82) is 0 Å². The second-order valence-corrected chi connectivity index (χ2v) is 3.96. The fourth-order valence-corrected chi connectivity index (χ4v) is 1.77. The molecule has 0 aliphatic heterocycles. The zero-order chi connectivity index (χ0) is 17.8. The SMILES string of the molecule is CCOC(=O)c1c(C(F)(F)F)nc(OC)c(C(=O)OC)c1OC. The van der Waals surface area contributed by atoms with Crippen molar-refractivity contribution in [3.8, 4) is 11.6 Å². The molecule has 0 atom stereocenters. The molecule has 0 unspecified atom stereocenters. The van der Waals surface area contributed by atoms with Gasteiger partial charge in [-0.05, 0) is 6.92 Å². The number of halogens is 3. The first kappa shape index (κ1) is 18.5. The molecule has 0 saturated carbocycles. The third kappa shape index (κ3) is 3.63. The summed E-state index contributed by atoms with van der Waals surface area (Å²) in [5.41, 5.74) is -3.16. The third-order valence-electron chi connectivity index (χ3n) is 2.65. The predicted molar refractivity (Wildman–Crippen MR) is 69.6 cm³/mol. The second-order valence-electron chi connectivity index (χ2n) is 3.96. The van der Waals surface area contributed by atoms with Crippen molar-refractivity contribution < 1.29 is 41.7 Å². The number of carbonyl (C=O) groups excluding carboxylic acids is 2. The molecular weight excluding hydrogens is 323 g/mol. The molecule has 0 bridgehead atoms. The van der Waals surface area contributed by atoms with E-state index in [2.05, 4.69) is 14.5 Å². The zero-order valence-electron chi connectivity index (χ0n) is 12.7. The fourth-order valence-electron chi connectivity index (χ4n) is 1.77. The molecule has 0 aliphatic rings. The quantitative estimate of drug-likeness (QED) is 0.761. The van der Waals surface area contributed by atoms with Crippen molar-refractivity contribution in [3.63, 3.8) is 0 Å². The Balaban J connectivity index is 3.87. The molecule has 0 radical (unpaired) electrons. The van der Waals surface area contributed by atoms with Crippen LogP contribution in [0.4, 0.5) is 13.2 Å². The zero-order valence-corrected chi connectivity index (χ0v) is 12.7. The van der Waals surface area contributed by atoms with E-state index in [1.807, 2.05) is 0 Å². The van der Waals surface area contributed by atoms with Crippen LogP contribution in [-0.2, 0) is 15.7 Å². The van der Waals surface area contributed by atoms with Gasteiger partial charge in [0.15, 0.2) is 17.0 Å². The second kappa shape index (κ2) is 7.16. The molecule has 0 fully saturated rings. The maximum absolute atomic E-state index is 13.2. The van der Waals surface area contributed by atoms with Crippen LogP contribution in [0.2, 0.25) is 0 Å². The smallest absolute Gasteiger partial charge is 0.434 e. The van der Waals surface area contributed by atoms with Gasteiger partial charge in [0.1, 0.15) is 5.56 Å². The lowest BCUT2D eigenvalue weighted by molar-refractivity contribution is -0.142. The maximum atomic E-state index is 13.2. The monoisotopic (exact) mass is 337 g/mol. The number of hydrogen-bond acceptors (Lipinski definition) is 7. The van der Waals surface area contributed by atoms with Gasteiger partial charge in [-0.3, -0.25) is 0 Å². The van der Waals surface area contributed by atoms with Crippen molar-refractivity contribution in [2.45, 2.75) is 13.1 Å². The normalized spacial score (nSPS) is 10.9. The summed E-state index contributed by atoms with van der Waals surface area (Å²) in [6.07, 6.45) is -5.00. The maximum Gasteiger partial charge on any atom is 0.434 e. The molecular formula is C13H14F3NO6. The standard InChI is InChI=1S/C13H14F3NO6/c1-5-23-12(19)6-8(20-2)7(11(18)22-4)10(21-3)17-9(6)13(14,15)16/h5H2,1-4H3. The molecule has 0 amide bonds. The van der Waals surface area contributed by atoms with E-state index in [1.165, 1.54) is 6.92 Å².